The third-order valence-corrected chi connectivity index (χ3v) is 7.34. The van der Waals surface area contributed by atoms with E-state index in [0.717, 1.165) is 19.3 Å². The van der Waals surface area contributed by atoms with Gasteiger partial charge in [0.05, 0.1) is 6.61 Å². The van der Waals surface area contributed by atoms with Crippen molar-refractivity contribution in [1.82, 2.24) is 0 Å². The van der Waals surface area contributed by atoms with Crippen LogP contribution in [0.1, 0.15) is 187 Å². The second kappa shape index (κ2) is 33.0. The molecule has 0 fully saturated rings. The van der Waals surface area contributed by atoms with Crippen LogP contribution in [-0.2, 0) is 9.53 Å². The maximum atomic E-state index is 11.9. The highest BCUT2D eigenvalue weighted by Crippen LogP contribution is 2.14. The second-order valence-electron chi connectivity index (χ2n) is 11.2. The monoisotopic (exact) mass is 519 g/mol. The zero-order valence-corrected chi connectivity index (χ0v) is 25.4. The largest absolute Gasteiger partial charge is 0.466 e. The molecule has 0 aromatic carbocycles. The smallest absolute Gasteiger partial charge is 0.305 e. The summed E-state index contributed by atoms with van der Waals surface area (Å²) in [6.45, 7) is 5.16. The number of esters is 1. The lowest BCUT2D eigenvalue weighted by molar-refractivity contribution is -0.143. The summed E-state index contributed by atoms with van der Waals surface area (Å²) in [4.78, 5) is 11.9. The topological polar surface area (TPSA) is 26.3 Å². The normalized spacial score (nSPS) is 11.7. The third-order valence-electron chi connectivity index (χ3n) is 7.34. The highest BCUT2D eigenvalue weighted by atomic mass is 16.5. The zero-order valence-electron chi connectivity index (χ0n) is 25.4. The molecule has 2 nitrogen and oxygen atoms in total. The fourth-order valence-corrected chi connectivity index (χ4v) is 4.81. The molecule has 0 atom stereocenters. The number of hydrogen-bond acceptors (Lipinski definition) is 2. The summed E-state index contributed by atoms with van der Waals surface area (Å²) in [6, 6.07) is 0. The molecule has 0 saturated heterocycles. The van der Waals surface area contributed by atoms with Crippen molar-refractivity contribution in [2.45, 2.75) is 187 Å². The molecule has 0 aliphatic heterocycles. The summed E-state index contributed by atoms with van der Waals surface area (Å²) < 4.78 is 5.42. The first-order valence-corrected chi connectivity index (χ1v) is 16.8. The minimum Gasteiger partial charge on any atom is -0.466 e. The molecule has 0 heterocycles. The molecule has 0 aliphatic carbocycles. The van der Waals surface area contributed by atoms with Crippen molar-refractivity contribution in [2.24, 2.45) is 0 Å². The fraction of sp³-hybridized carbons (Fsp3) is 0.857. The summed E-state index contributed by atoms with van der Waals surface area (Å²) >= 11 is 0. The van der Waals surface area contributed by atoms with Crippen molar-refractivity contribution in [3.63, 3.8) is 0 Å². The first kappa shape index (κ1) is 35.9. The number of rotatable bonds is 30. The van der Waals surface area contributed by atoms with Gasteiger partial charge in [0, 0.05) is 6.42 Å². The molecule has 0 aliphatic rings. The first-order chi connectivity index (χ1) is 18.3. The van der Waals surface area contributed by atoms with E-state index >= 15 is 0 Å². The average Bonchev–Trinajstić information content (AvgIpc) is 2.90. The van der Waals surface area contributed by atoms with Crippen molar-refractivity contribution in [1.29, 1.82) is 0 Å². The molecule has 0 radical (unpaired) electrons. The van der Waals surface area contributed by atoms with Crippen LogP contribution < -0.4 is 0 Å². The Balaban J connectivity index is 3.22. The highest BCUT2D eigenvalue weighted by Gasteiger charge is 2.02. The lowest BCUT2D eigenvalue weighted by Gasteiger charge is -2.05. The zero-order chi connectivity index (χ0) is 26.9. The minimum atomic E-state index is 0.0153. The summed E-state index contributed by atoms with van der Waals surface area (Å²) in [7, 11) is 0. The predicted molar refractivity (Wildman–Crippen MR) is 165 cm³/mol. The number of ether oxygens (including phenoxy) is 1. The summed E-state index contributed by atoms with van der Waals surface area (Å²) in [5, 5.41) is 0. The van der Waals surface area contributed by atoms with Crippen LogP contribution in [0.3, 0.4) is 0 Å². The van der Waals surface area contributed by atoms with Crippen molar-refractivity contribution in [3.8, 4) is 0 Å². The number of allylic oxidation sites excluding steroid dienone is 4. The molecule has 37 heavy (non-hydrogen) atoms. The number of carbonyl (C=O) groups excluding carboxylic acids is 1. The second-order valence-corrected chi connectivity index (χ2v) is 11.2. The van der Waals surface area contributed by atoms with Gasteiger partial charge in [0.15, 0.2) is 0 Å². The number of unbranched alkanes of at least 4 members (excludes halogenated alkanes) is 22. The maximum absolute atomic E-state index is 11.9. The van der Waals surface area contributed by atoms with Crippen LogP contribution in [0.4, 0.5) is 0 Å². The summed E-state index contributed by atoms with van der Waals surface area (Å²) in [5.41, 5.74) is 0. The summed E-state index contributed by atoms with van der Waals surface area (Å²) in [6.07, 6.45) is 43.7. The molecular weight excluding hydrogens is 452 g/mol. The van der Waals surface area contributed by atoms with Gasteiger partial charge in [0.2, 0.25) is 0 Å². The lowest BCUT2D eigenvalue weighted by atomic mass is 10.0. The van der Waals surface area contributed by atoms with E-state index in [1.807, 2.05) is 0 Å². The van der Waals surface area contributed by atoms with E-state index in [1.165, 1.54) is 148 Å². The van der Waals surface area contributed by atoms with Gasteiger partial charge in [-0.05, 0) is 44.9 Å². The van der Waals surface area contributed by atoms with E-state index < -0.39 is 0 Å². The van der Waals surface area contributed by atoms with Crippen molar-refractivity contribution < 1.29 is 9.53 Å². The molecule has 0 rings (SSSR count). The molecule has 218 valence electrons. The van der Waals surface area contributed by atoms with E-state index in [2.05, 4.69) is 38.2 Å². The van der Waals surface area contributed by atoms with Gasteiger partial charge < -0.3 is 4.74 Å². The van der Waals surface area contributed by atoms with Crippen LogP contribution in [0, 0.1) is 0 Å². The Morgan fingerprint density at radius 2 is 0.838 bits per heavy atom. The number of carbonyl (C=O) groups is 1. The molecule has 0 N–H and O–H groups in total. The van der Waals surface area contributed by atoms with Crippen LogP contribution in [0.15, 0.2) is 24.3 Å². The van der Waals surface area contributed by atoms with E-state index in [0.29, 0.717) is 13.0 Å². The molecule has 2 heteroatoms. The Kier molecular flexibility index (Phi) is 32.0. The maximum Gasteiger partial charge on any atom is 0.305 e. The van der Waals surface area contributed by atoms with E-state index in [4.69, 9.17) is 4.74 Å². The molecular formula is C35H66O2. The number of hydrogen-bond donors (Lipinski definition) is 0. The lowest BCUT2D eigenvalue weighted by Crippen LogP contribution is -2.05. The Bertz CT molecular complexity index is 493. The minimum absolute atomic E-state index is 0.0153. The van der Waals surface area contributed by atoms with Crippen LogP contribution >= 0.6 is 0 Å². The highest BCUT2D eigenvalue weighted by molar-refractivity contribution is 5.69. The van der Waals surface area contributed by atoms with Gasteiger partial charge in [0.25, 0.3) is 0 Å². The SMILES string of the molecule is CCCCC/C=C\C/C=C/CCCCCCCCOC(=O)CCCCCCCCCCCCCCCC. The third kappa shape index (κ3) is 32.9. The Morgan fingerprint density at radius 1 is 0.459 bits per heavy atom. The Morgan fingerprint density at radius 3 is 1.35 bits per heavy atom. The van der Waals surface area contributed by atoms with E-state index in [1.54, 1.807) is 0 Å². The van der Waals surface area contributed by atoms with Crippen LogP contribution in [0.5, 0.6) is 0 Å². The van der Waals surface area contributed by atoms with Gasteiger partial charge in [-0.2, -0.15) is 0 Å². The van der Waals surface area contributed by atoms with Gasteiger partial charge >= 0.3 is 5.97 Å². The predicted octanol–water partition coefficient (Wildman–Crippen LogP) is 12.2. The molecule has 0 spiro atoms. The quantitative estimate of drug-likeness (QED) is 0.0537. The average molecular weight is 519 g/mol. The fourth-order valence-electron chi connectivity index (χ4n) is 4.81. The summed E-state index contributed by atoms with van der Waals surface area (Å²) in [5.74, 6) is 0.0153. The molecule has 0 bridgehead atoms. The van der Waals surface area contributed by atoms with Crippen molar-refractivity contribution in [3.05, 3.63) is 24.3 Å². The van der Waals surface area contributed by atoms with Crippen LogP contribution in [-0.4, -0.2) is 12.6 Å². The van der Waals surface area contributed by atoms with Gasteiger partial charge in [-0.3, -0.25) is 4.79 Å². The van der Waals surface area contributed by atoms with Crippen molar-refractivity contribution >= 4 is 5.97 Å². The van der Waals surface area contributed by atoms with E-state index in [9.17, 15) is 4.79 Å². The van der Waals surface area contributed by atoms with Gasteiger partial charge in [-0.1, -0.05) is 160 Å². The molecule has 0 aromatic heterocycles. The standard InChI is InChI=1S/C35H66O2/c1-3-5-7-9-11-13-15-17-19-20-22-24-26-28-30-32-34-37-35(36)33-31-29-27-25-23-21-18-16-14-12-10-8-6-4-2/h11,13,17,19H,3-10,12,14-16,18,20-34H2,1-2H3/b13-11-,19-17+. The Hall–Kier alpha value is -1.05. The van der Waals surface area contributed by atoms with E-state index in [-0.39, 0.29) is 5.97 Å². The van der Waals surface area contributed by atoms with Gasteiger partial charge in [0.1, 0.15) is 0 Å². The van der Waals surface area contributed by atoms with Crippen molar-refractivity contribution in [2.75, 3.05) is 6.61 Å². The molecule has 0 aromatic rings. The van der Waals surface area contributed by atoms with Gasteiger partial charge in [-0.15, -0.1) is 0 Å². The van der Waals surface area contributed by atoms with Crippen LogP contribution in [0.2, 0.25) is 0 Å². The molecule has 0 amide bonds. The molecule has 0 saturated carbocycles. The van der Waals surface area contributed by atoms with Gasteiger partial charge in [-0.25, -0.2) is 0 Å². The Labute approximate surface area is 233 Å². The van der Waals surface area contributed by atoms with Crippen LogP contribution in [0.25, 0.3) is 0 Å². The molecule has 0 unspecified atom stereocenters. The first-order valence-electron chi connectivity index (χ1n) is 16.8.